The molecule has 0 bridgehead atoms. The van der Waals surface area contributed by atoms with Crippen molar-refractivity contribution in [1.29, 1.82) is 0 Å². The van der Waals surface area contributed by atoms with Crippen LogP contribution in [0.5, 0.6) is 0 Å². The summed E-state index contributed by atoms with van der Waals surface area (Å²) in [6.45, 7) is 0. The SMILES string of the molecule is Nc1ncccc1C(=O)Nc1nc2ccccc2s1. The van der Waals surface area contributed by atoms with Crippen LogP contribution >= 0.6 is 11.3 Å². The van der Waals surface area contributed by atoms with E-state index in [4.69, 9.17) is 5.73 Å². The van der Waals surface area contributed by atoms with Gasteiger partial charge in [-0.05, 0) is 24.3 Å². The number of amides is 1. The van der Waals surface area contributed by atoms with Crippen molar-refractivity contribution >= 4 is 38.4 Å². The second-order valence-corrected chi connectivity index (χ2v) is 4.91. The van der Waals surface area contributed by atoms with Crippen molar-refractivity contribution in [3.05, 3.63) is 48.2 Å². The van der Waals surface area contributed by atoms with E-state index in [2.05, 4.69) is 15.3 Å². The number of aromatic nitrogens is 2. The number of fused-ring (bicyclic) bond motifs is 1. The van der Waals surface area contributed by atoms with E-state index >= 15 is 0 Å². The minimum Gasteiger partial charge on any atom is -0.383 e. The Hall–Kier alpha value is -2.47. The van der Waals surface area contributed by atoms with Crippen molar-refractivity contribution in [2.45, 2.75) is 0 Å². The maximum Gasteiger partial charge on any atom is 0.261 e. The molecule has 0 saturated carbocycles. The summed E-state index contributed by atoms with van der Waals surface area (Å²) in [6, 6.07) is 11.0. The highest BCUT2D eigenvalue weighted by Gasteiger charge is 2.12. The Bertz CT molecular complexity index is 720. The van der Waals surface area contributed by atoms with E-state index in [9.17, 15) is 4.79 Å². The lowest BCUT2D eigenvalue weighted by Gasteiger charge is -2.03. The van der Waals surface area contributed by atoms with Crippen molar-refractivity contribution in [3.8, 4) is 0 Å². The number of nitrogens with zero attached hydrogens (tertiary/aromatic N) is 2. The van der Waals surface area contributed by atoms with Gasteiger partial charge in [0, 0.05) is 6.20 Å². The largest absolute Gasteiger partial charge is 0.383 e. The van der Waals surface area contributed by atoms with Crippen molar-refractivity contribution in [2.24, 2.45) is 0 Å². The highest BCUT2D eigenvalue weighted by molar-refractivity contribution is 7.22. The molecule has 3 rings (SSSR count). The predicted octanol–water partition coefficient (Wildman–Crippen LogP) is 2.53. The molecule has 0 aliphatic rings. The molecule has 3 N–H and O–H groups in total. The molecule has 0 atom stereocenters. The van der Waals surface area contributed by atoms with Crippen molar-refractivity contribution < 1.29 is 4.79 Å². The number of hydrogen-bond acceptors (Lipinski definition) is 5. The fourth-order valence-electron chi connectivity index (χ4n) is 1.70. The number of rotatable bonds is 2. The normalized spacial score (nSPS) is 10.5. The standard InChI is InChI=1S/C13H10N4OS/c14-11-8(4-3-7-15-11)12(18)17-13-16-9-5-1-2-6-10(9)19-13/h1-7H,(H2,14,15)(H,16,17,18). The monoisotopic (exact) mass is 270 g/mol. The first-order valence-electron chi connectivity index (χ1n) is 5.61. The van der Waals surface area contributed by atoms with Crippen LogP contribution in [-0.2, 0) is 0 Å². The van der Waals surface area contributed by atoms with Gasteiger partial charge in [-0.15, -0.1) is 0 Å². The van der Waals surface area contributed by atoms with E-state index in [1.165, 1.54) is 11.3 Å². The molecule has 1 amide bonds. The molecule has 19 heavy (non-hydrogen) atoms. The number of hydrogen-bond donors (Lipinski definition) is 2. The maximum atomic E-state index is 12.0. The molecule has 0 unspecified atom stereocenters. The molecule has 0 fully saturated rings. The van der Waals surface area contributed by atoms with Gasteiger partial charge in [-0.2, -0.15) is 0 Å². The lowest BCUT2D eigenvalue weighted by atomic mass is 10.2. The molecule has 2 aromatic heterocycles. The van der Waals surface area contributed by atoms with Gasteiger partial charge in [0.2, 0.25) is 0 Å². The molecule has 3 aromatic rings. The van der Waals surface area contributed by atoms with Gasteiger partial charge in [0.15, 0.2) is 5.13 Å². The van der Waals surface area contributed by atoms with Crippen LogP contribution in [0.1, 0.15) is 10.4 Å². The van der Waals surface area contributed by atoms with Crippen LogP contribution in [0.25, 0.3) is 10.2 Å². The molecule has 1 aromatic carbocycles. The molecule has 0 radical (unpaired) electrons. The smallest absolute Gasteiger partial charge is 0.261 e. The predicted molar refractivity (Wildman–Crippen MR) is 76.2 cm³/mol. The van der Waals surface area contributed by atoms with Crippen molar-refractivity contribution in [1.82, 2.24) is 9.97 Å². The summed E-state index contributed by atoms with van der Waals surface area (Å²) in [5.41, 5.74) is 6.87. The van der Waals surface area contributed by atoms with Gasteiger partial charge in [0.05, 0.1) is 15.8 Å². The molecule has 0 spiro atoms. The van der Waals surface area contributed by atoms with Gasteiger partial charge in [-0.3, -0.25) is 10.1 Å². The van der Waals surface area contributed by atoms with Crippen molar-refractivity contribution in [2.75, 3.05) is 11.1 Å². The van der Waals surface area contributed by atoms with Gasteiger partial charge in [-0.1, -0.05) is 23.5 Å². The average molecular weight is 270 g/mol. The Morgan fingerprint density at radius 2 is 2.05 bits per heavy atom. The number of carbonyl (C=O) groups is 1. The lowest BCUT2D eigenvalue weighted by Crippen LogP contribution is -2.14. The number of thiazole rings is 1. The summed E-state index contributed by atoms with van der Waals surface area (Å²) in [6.07, 6.45) is 1.55. The summed E-state index contributed by atoms with van der Waals surface area (Å²) in [5, 5.41) is 3.29. The zero-order chi connectivity index (χ0) is 13.2. The summed E-state index contributed by atoms with van der Waals surface area (Å²) in [5.74, 6) is -0.0919. The fraction of sp³-hybridized carbons (Fsp3) is 0. The molecule has 94 valence electrons. The number of anilines is 2. The Labute approximate surface area is 113 Å². The second-order valence-electron chi connectivity index (χ2n) is 3.88. The summed E-state index contributed by atoms with van der Waals surface area (Å²) >= 11 is 1.42. The van der Waals surface area contributed by atoms with E-state index in [0.29, 0.717) is 10.7 Å². The molecule has 6 heteroatoms. The third kappa shape index (κ3) is 2.25. The third-order valence-electron chi connectivity index (χ3n) is 2.60. The van der Waals surface area contributed by atoms with Gasteiger partial charge in [0.25, 0.3) is 5.91 Å². The van der Waals surface area contributed by atoms with E-state index in [1.807, 2.05) is 24.3 Å². The Balaban J connectivity index is 1.89. The minimum absolute atomic E-state index is 0.209. The minimum atomic E-state index is -0.301. The molecule has 2 heterocycles. The van der Waals surface area contributed by atoms with Crippen LogP contribution in [0.2, 0.25) is 0 Å². The molecule has 0 aliphatic heterocycles. The van der Waals surface area contributed by atoms with Crippen molar-refractivity contribution in [3.63, 3.8) is 0 Å². The summed E-state index contributed by atoms with van der Waals surface area (Å²) < 4.78 is 1.02. The number of nitrogen functional groups attached to an aromatic ring is 1. The first-order valence-corrected chi connectivity index (χ1v) is 6.43. The summed E-state index contributed by atoms with van der Waals surface area (Å²) in [7, 11) is 0. The second kappa shape index (κ2) is 4.66. The number of carbonyl (C=O) groups excluding carboxylic acids is 1. The van der Waals surface area contributed by atoms with Gasteiger partial charge < -0.3 is 5.73 Å². The van der Waals surface area contributed by atoms with E-state index in [-0.39, 0.29) is 11.7 Å². The fourth-order valence-corrected chi connectivity index (χ4v) is 2.56. The zero-order valence-corrected chi connectivity index (χ0v) is 10.6. The van der Waals surface area contributed by atoms with Crippen LogP contribution in [-0.4, -0.2) is 15.9 Å². The van der Waals surface area contributed by atoms with Gasteiger partial charge in [-0.25, -0.2) is 9.97 Å². The number of nitrogens with two attached hydrogens (primary N) is 1. The maximum absolute atomic E-state index is 12.0. The first kappa shape index (κ1) is 11.6. The number of benzene rings is 1. The van der Waals surface area contributed by atoms with Crippen LogP contribution < -0.4 is 11.1 Å². The molecular weight excluding hydrogens is 260 g/mol. The van der Waals surface area contributed by atoms with Crippen LogP contribution in [0.15, 0.2) is 42.6 Å². The topological polar surface area (TPSA) is 80.9 Å². The number of para-hydroxylation sites is 1. The average Bonchev–Trinajstić information content (AvgIpc) is 2.81. The van der Waals surface area contributed by atoms with Crippen LogP contribution in [0, 0.1) is 0 Å². The first-order chi connectivity index (χ1) is 9.24. The highest BCUT2D eigenvalue weighted by atomic mass is 32.1. The molecular formula is C13H10N4OS. The van der Waals surface area contributed by atoms with Gasteiger partial charge in [0.1, 0.15) is 5.82 Å². The number of pyridine rings is 1. The third-order valence-corrected chi connectivity index (χ3v) is 3.55. The highest BCUT2D eigenvalue weighted by Crippen LogP contribution is 2.25. The zero-order valence-electron chi connectivity index (χ0n) is 9.83. The molecule has 0 aliphatic carbocycles. The summed E-state index contributed by atoms with van der Waals surface area (Å²) in [4.78, 5) is 20.3. The number of nitrogens with one attached hydrogen (secondary N) is 1. The van der Waals surface area contributed by atoms with E-state index < -0.39 is 0 Å². The lowest BCUT2D eigenvalue weighted by molar-refractivity contribution is 0.102. The van der Waals surface area contributed by atoms with Gasteiger partial charge >= 0.3 is 0 Å². The van der Waals surface area contributed by atoms with Crippen LogP contribution in [0.4, 0.5) is 10.9 Å². The van der Waals surface area contributed by atoms with E-state index in [0.717, 1.165) is 10.2 Å². The molecule has 0 saturated heterocycles. The molecule has 5 nitrogen and oxygen atoms in total. The Morgan fingerprint density at radius 3 is 2.84 bits per heavy atom. The van der Waals surface area contributed by atoms with E-state index in [1.54, 1.807) is 18.3 Å². The van der Waals surface area contributed by atoms with Crippen LogP contribution in [0.3, 0.4) is 0 Å². The Morgan fingerprint density at radius 1 is 1.21 bits per heavy atom. The Kier molecular flexibility index (Phi) is 2.85. The quantitative estimate of drug-likeness (QED) is 0.749.